The van der Waals surface area contributed by atoms with E-state index in [0.717, 1.165) is 18.4 Å². The van der Waals surface area contributed by atoms with Crippen molar-refractivity contribution in [1.29, 1.82) is 5.26 Å². The fourth-order valence-electron chi connectivity index (χ4n) is 2.35. The molecule has 1 fully saturated rings. The summed E-state index contributed by atoms with van der Waals surface area (Å²) < 4.78 is 26.6. The Hall–Kier alpha value is -1.38. The monoisotopic (exact) mass is 306 g/mol. The van der Waals surface area contributed by atoms with Crippen molar-refractivity contribution in [3.63, 3.8) is 0 Å². The minimum atomic E-state index is -3.27. The van der Waals surface area contributed by atoms with E-state index in [1.807, 2.05) is 25.1 Å². The molecule has 1 saturated carbocycles. The van der Waals surface area contributed by atoms with Crippen molar-refractivity contribution in [2.24, 2.45) is 0 Å². The molecule has 0 radical (unpaired) electrons. The summed E-state index contributed by atoms with van der Waals surface area (Å²) in [5.74, 6) is 0.0713. The summed E-state index contributed by atoms with van der Waals surface area (Å²) in [6.45, 7) is 4.54. The van der Waals surface area contributed by atoms with Crippen LogP contribution in [0.5, 0.6) is 0 Å². The molecule has 0 aromatic heterocycles. The Labute approximate surface area is 127 Å². The quantitative estimate of drug-likeness (QED) is 0.728. The highest BCUT2D eigenvalue weighted by Crippen LogP contribution is 2.31. The third kappa shape index (κ3) is 4.29. The lowest BCUT2D eigenvalue weighted by Gasteiger charge is -2.22. The van der Waals surface area contributed by atoms with Gasteiger partial charge in [-0.1, -0.05) is 18.2 Å². The van der Waals surface area contributed by atoms with E-state index in [2.05, 4.69) is 13.0 Å². The maximum absolute atomic E-state index is 12.5. The van der Waals surface area contributed by atoms with Crippen molar-refractivity contribution in [3.05, 3.63) is 34.9 Å². The van der Waals surface area contributed by atoms with Gasteiger partial charge in [-0.25, -0.2) is 8.42 Å². The number of nitriles is 1. The first-order chi connectivity index (χ1) is 9.94. The van der Waals surface area contributed by atoms with Crippen LogP contribution in [0, 0.1) is 25.2 Å². The second-order valence-corrected chi connectivity index (χ2v) is 7.81. The predicted molar refractivity (Wildman–Crippen MR) is 83.1 cm³/mol. The van der Waals surface area contributed by atoms with Gasteiger partial charge in [-0.3, -0.25) is 0 Å². The predicted octanol–water partition coefficient (Wildman–Crippen LogP) is 2.90. The molecule has 5 heteroatoms. The Morgan fingerprint density at radius 2 is 2.00 bits per heavy atom. The van der Waals surface area contributed by atoms with Crippen molar-refractivity contribution in [1.82, 2.24) is 4.31 Å². The molecule has 0 bridgehead atoms. The molecule has 1 aromatic carbocycles. The molecule has 1 aliphatic rings. The van der Waals surface area contributed by atoms with Crippen LogP contribution in [0.4, 0.5) is 0 Å². The molecule has 0 spiro atoms. The molecule has 1 aromatic rings. The van der Waals surface area contributed by atoms with Gasteiger partial charge in [-0.2, -0.15) is 9.57 Å². The molecule has 2 rings (SSSR count). The number of hydrogen-bond acceptors (Lipinski definition) is 3. The zero-order chi connectivity index (χ0) is 15.5. The van der Waals surface area contributed by atoms with Gasteiger partial charge in [-0.15, -0.1) is 0 Å². The molecule has 114 valence electrons. The first-order valence-electron chi connectivity index (χ1n) is 7.36. The Bertz CT molecular complexity index is 643. The van der Waals surface area contributed by atoms with Crippen LogP contribution in [0.1, 0.15) is 42.4 Å². The van der Waals surface area contributed by atoms with E-state index < -0.39 is 10.0 Å². The van der Waals surface area contributed by atoms with Crippen molar-refractivity contribution in [2.75, 3.05) is 5.75 Å². The smallest absolute Gasteiger partial charge is 0.212 e. The number of sulfonamides is 1. The van der Waals surface area contributed by atoms with Gasteiger partial charge in [0.05, 0.1) is 11.8 Å². The molecule has 0 heterocycles. The summed E-state index contributed by atoms with van der Waals surface area (Å²) in [5.41, 5.74) is 3.44. The number of aryl methyl sites for hydroxylation is 2. The van der Waals surface area contributed by atoms with Gasteiger partial charge in [0.25, 0.3) is 0 Å². The molecule has 1 aliphatic carbocycles. The summed E-state index contributed by atoms with van der Waals surface area (Å²) in [6, 6.07) is 8.26. The van der Waals surface area contributed by atoms with Crippen molar-refractivity contribution in [3.8, 4) is 6.07 Å². The second-order valence-electron chi connectivity index (χ2n) is 5.77. The molecular weight excluding hydrogens is 284 g/mol. The van der Waals surface area contributed by atoms with Gasteiger partial charge in [0.1, 0.15) is 0 Å². The van der Waals surface area contributed by atoms with Gasteiger partial charge in [0.2, 0.25) is 10.0 Å². The number of unbranched alkanes of at least 4 members (excludes halogenated alkanes) is 1. The lowest BCUT2D eigenvalue weighted by atomic mass is 10.1. The molecule has 21 heavy (non-hydrogen) atoms. The second kappa shape index (κ2) is 6.59. The average molecular weight is 306 g/mol. The van der Waals surface area contributed by atoms with Crippen LogP contribution in [-0.4, -0.2) is 24.5 Å². The van der Waals surface area contributed by atoms with Crippen LogP contribution in [0.25, 0.3) is 0 Å². The Kier molecular flexibility index (Phi) is 5.02. The molecule has 0 aliphatic heterocycles. The number of hydrogen-bond donors (Lipinski definition) is 0. The van der Waals surface area contributed by atoms with E-state index >= 15 is 0 Å². The molecule has 0 saturated heterocycles. The van der Waals surface area contributed by atoms with E-state index in [0.29, 0.717) is 19.4 Å². The summed E-state index contributed by atoms with van der Waals surface area (Å²) in [7, 11) is -3.27. The van der Waals surface area contributed by atoms with E-state index in [1.54, 1.807) is 4.31 Å². The van der Waals surface area contributed by atoms with Crippen LogP contribution >= 0.6 is 0 Å². The van der Waals surface area contributed by atoms with Crippen molar-refractivity contribution < 1.29 is 8.42 Å². The van der Waals surface area contributed by atoms with Crippen LogP contribution in [-0.2, 0) is 16.6 Å². The highest BCUT2D eigenvalue weighted by atomic mass is 32.2. The van der Waals surface area contributed by atoms with Crippen LogP contribution in [0.2, 0.25) is 0 Å². The third-order valence-corrected chi connectivity index (χ3v) is 5.86. The van der Waals surface area contributed by atoms with Crippen LogP contribution < -0.4 is 0 Å². The lowest BCUT2D eigenvalue weighted by molar-refractivity contribution is 0.398. The molecular formula is C16H22N2O2S. The molecule has 0 atom stereocenters. The zero-order valence-corrected chi connectivity index (χ0v) is 13.5. The van der Waals surface area contributed by atoms with Crippen LogP contribution in [0.3, 0.4) is 0 Å². The first-order valence-corrected chi connectivity index (χ1v) is 8.97. The summed E-state index contributed by atoms with van der Waals surface area (Å²) in [5, 5.41) is 8.56. The minimum absolute atomic E-state index is 0.0713. The standard InChI is InChI=1S/C16H22N2O2S/c1-13-5-6-15(11-14(13)2)12-18(16-7-8-16)21(19,20)10-4-3-9-17/h5-6,11,16H,3-4,7-8,10,12H2,1-2H3. The van der Waals surface area contributed by atoms with Gasteiger partial charge < -0.3 is 0 Å². The number of benzene rings is 1. The van der Waals surface area contributed by atoms with Gasteiger partial charge in [-0.05, 0) is 49.8 Å². The Balaban J connectivity index is 2.12. The average Bonchev–Trinajstić information content (AvgIpc) is 3.24. The van der Waals surface area contributed by atoms with E-state index in [1.165, 1.54) is 11.1 Å². The number of rotatable bonds is 7. The van der Waals surface area contributed by atoms with Crippen molar-refractivity contribution in [2.45, 2.75) is 52.1 Å². The minimum Gasteiger partial charge on any atom is -0.212 e. The summed E-state index contributed by atoms with van der Waals surface area (Å²) in [6.07, 6.45) is 2.60. The topological polar surface area (TPSA) is 61.2 Å². The third-order valence-electron chi connectivity index (χ3n) is 3.91. The first kappa shape index (κ1) is 16.0. The van der Waals surface area contributed by atoms with E-state index in [9.17, 15) is 8.42 Å². The van der Waals surface area contributed by atoms with E-state index in [-0.39, 0.29) is 11.8 Å². The molecule has 0 amide bonds. The molecule has 0 N–H and O–H groups in total. The largest absolute Gasteiger partial charge is 0.214 e. The highest BCUT2D eigenvalue weighted by Gasteiger charge is 2.36. The normalized spacial score (nSPS) is 15.1. The van der Waals surface area contributed by atoms with Crippen molar-refractivity contribution >= 4 is 10.0 Å². The lowest BCUT2D eigenvalue weighted by Crippen LogP contribution is -2.34. The van der Waals surface area contributed by atoms with E-state index in [4.69, 9.17) is 5.26 Å². The van der Waals surface area contributed by atoms with Gasteiger partial charge in [0, 0.05) is 19.0 Å². The molecule has 4 nitrogen and oxygen atoms in total. The zero-order valence-electron chi connectivity index (χ0n) is 12.7. The fraction of sp³-hybridized carbons (Fsp3) is 0.562. The summed E-state index contributed by atoms with van der Waals surface area (Å²) in [4.78, 5) is 0. The SMILES string of the molecule is Cc1ccc(CN(C2CC2)S(=O)(=O)CCCC#N)cc1C. The maximum Gasteiger partial charge on any atom is 0.214 e. The number of nitrogens with zero attached hydrogens (tertiary/aromatic N) is 2. The Morgan fingerprint density at radius 3 is 2.57 bits per heavy atom. The van der Waals surface area contributed by atoms with Crippen LogP contribution in [0.15, 0.2) is 18.2 Å². The Morgan fingerprint density at radius 1 is 1.29 bits per heavy atom. The highest BCUT2D eigenvalue weighted by molar-refractivity contribution is 7.89. The fourth-order valence-corrected chi connectivity index (χ4v) is 4.10. The summed E-state index contributed by atoms with van der Waals surface area (Å²) >= 11 is 0. The van der Waals surface area contributed by atoms with Gasteiger partial charge in [0.15, 0.2) is 0 Å². The maximum atomic E-state index is 12.5. The van der Waals surface area contributed by atoms with Gasteiger partial charge >= 0.3 is 0 Å². The molecule has 0 unspecified atom stereocenters.